The largest absolute Gasteiger partial charge is 0.461 e. The fraction of sp³-hybridized carbons (Fsp3) is 0.769. The molecule has 2 N–H and O–H groups in total. The van der Waals surface area contributed by atoms with Gasteiger partial charge in [-0.2, -0.15) is 15.0 Å². The minimum absolute atomic E-state index is 0.0231. The summed E-state index contributed by atoms with van der Waals surface area (Å²) < 4.78 is 5.50. The molecule has 0 saturated carbocycles. The van der Waals surface area contributed by atoms with Crippen molar-refractivity contribution in [3.8, 4) is 6.01 Å². The smallest absolute Gasteiger partial charge is 0.323 e. The second kappa shape index (κ2) is 5.19. The molecule has 0 unspecified atom stereocenters. The summed E-state index contributed by atoms with van der Waals surface area (Å²) in [4.78, 5) is 14.7. The molecule has 0 atom stereocenters. The Hall–Kier alpha value is -1.59. The minimum atomic E-state index is 0.0231. The maximum absolute atomic E-state index is 5.73. The van der Waals surface area contributed by atoms with Gasteiger partial charge in [-0.05, 0) is 32.1 Å². The number of aromatic nitrogens is 3. The van der Waals surface area contributed by atoms with Crippen molar-refractivity contribution in [1.82, 2.24) is 15.0 Å². The topological polar surface area (TPSA) is 77.2 Å². The van der Waals surface area contributed by atoms with Crippen molar-refractivity contribution in [1.29, 1.82) is 0 Å². The van der Waals surface area contributed by atoms with Gasteiger partial charge >= 0.3 is 6.01 Å². The Bertz CT molecular complexity index is 437. The van der Waals surface area contributed by atoms with E-state index in [0.717, 1.165) is 25.9 Å². The van der Waals surface area contributed by atoms with Crippen LogP contribution in [-0.2, 0) is 0 Å². The molecule has 1 aromatic rings. The van der Waals surface area contributed by atoms with Crippen LogP contribution in [0.25, 0.3) is 0 Å². The van der Waals surface area contributed by atoms with Crippen molar-refractivity contribution in [2.24, 2.45) is 5.41 Å². The van der Waals surface area contributed by atoms with E-state index in [1.807, 2.05) is 13.8 Å². The molecule has 2 heterocycles. The van der Waals surface area contributed by atoms with Crippen LogP contribution in [0, 0.1) is 5.41 Å². The normalized spacial score (nSPS) is 18.7. The van der Waals surface area contributed by atoms with E-state index in [1.165, 1.54) is 0 Å². The average molecular weight is 265 g/mol. The molecular formula is C13H23N5O. The number of nitrogens with zero attached hydrogens (tertiary/aromatic N) is 4. The van der Waals surface area contributed by atoms with Crippen molar-refractivity contribution >= 4 is 11.9 Å². The van der Waals surface area contributed by atoms with E-state index in [4.69, 9.17) is 10.5 Å². The molecule has 19 heavy (non-hydrogen) atoms. The number of nitrogens with two attached hydrogens (primary N) is 1. The van der Waals surface area contributed by atoms with Gasteiger partial charge in [-0.1, -0.05) is 13.8 Å². The maximum atomic E-state index is 5.73. The molecule has 0 aliphatic carbocycles. The van der Waals surface area contributed by atoms with Gasteiger partial charge in [0.25, 0.3) is 0 Å². The van der Waals surface area contributed by atoms with Crippen molar-refractivity contribution in [2.45, 2.75) is 46.6 Å². The number of hydrogen-bond donors (Lipinski definition) is 1. The number of ether oxygens (including phenoxy) is 1. The van der Waals surface area contributed by atoms with Gasteiger partial charge in [0.1, 0.15) is 0 Å². The van der Waals surface area contributed by atoms with Crippen LogP contribution in [0.3, 0.4) is 0 Å². The van der Waals surface area contributed by atoms with E-state index >= 15 is 0 Å². The van der Waals surface area contributed by atoms with Crippen LogP contribution in [0.4, 0.5) is 11.9 Å². The van der Waals surface area contributed by atoms with E-state index in [9.17, 15) is 0 Å². The monoisotopic (exact) mass is 265 g/mol. The third-order valence-electron chi connectivity index (χ3n) is 3.36. The maximum Gasteiger partial charge on any atom is 0.323 e. The van der Waals surface area contributed by atoms with Gasteiger partial charge in [-0.3, -0.25) is 0 Å². The van der Waals surface area contributed by atoms with Gasteiger partial charge in [0.2, 0.25) is 11.9 Å². The highest BCUT2D eigenvalue weighted by molar-refractivity contribution is 5.36. The first-order valence-electron chi connectivity index (χ1n) is 6.79. The lowest BCUT2D eigenvalue weighted by atomic mass is 9.83. The highest BCUT2D eigenvalue weighted by Gasteiger charge is 2.27. The lowest BCUT2D eigenvalue weighted by Crippen LogP contribution is -2.38. The van der Waals surface area contributed by atoms with Crippen LogP contribution in [0.15, 0.2) is 0 Å². The Morgan fingerprint density at radius 1 is 1.16 bits per heavy atom. The van der Waals surface area contributed by atoms with Gasteiger partial charge < -0.3 is 15.4 Å². The van der Waals surface area contributed by atoms with E-state index in [0.29, 0.717) is 17.4 Å². The predicted octanol–water partition coefficient (Wildman–Crippen LogP) is 1.87. The van der Waals surface area contributed by atoms with Crippen LogP contribution in [0.2, 0.25) is 0 Å². The first-order valence-corrected chi connectivity index (χ1v) is 6.79. The van der Waals surface area contributed by atoms with Crippen LogP contribution in [-0.4, -0.2) is 34.1 Å². The molecule has 2 rings (SSSR count). The molecule has 0 bridgehead atoms. The number of piperidine rings is 1. The molecule has 1 saturated heterocycles. The van der Waals surface area contributed by atoms with E-state index < -0.39 is 0 Å². The molecule has 1 aliphatic heterocycles. The summed E-state index contributed by atoms with van der Waals surface area (Å²) in [5.74, 6) is 0.837. The van der Waals surface area contributed by atoms with E-state index in [2.05, 4.69) is 33.7 Å². The van der Waals surface area contributed by atoms with Gasteiger partial charge in [0.15, 0.2) is 0 Å². The lowest BCUT2D eigenvalue weighted by Gasteiger charge is -2.36. The zero-order valence-corrected chi connectivity index (χ0v) is 12.2. The lowest BCUT2D eigenvalue weighted by molar-refractivity contribution is 0.221. The first-order chi connectivity index (χ1) is 8.85. The molecule has 0 aromatic carbocycles. The molecule has 106 valence electrons. The predicted molar refractivity (Wildman–Crippen MR) is 75.2 cm³/mol. The highest BCUT2D eigenvalue weighted by Crippen LogP contribution is 2.31. The summed E-state index contributed by atoms with van der Waals surface area (Å²) in [7, 11) is 0. The standard InChI is InChI=1S/C13H23N5O/c1-9(2)19-12-16-10(14)15-11(17-12)18-7-5-13(3,4)6-8-18/h9H,5-8H2,1-4H3,(H2,14,15,16,17). The molecule has 0 spiro atoms. The zero-order valence-electron chi connectivity index (χ0n) is 12.2. The van der Waals surface area contributed by atoms with E-state index in [-0.39, 0.29) is 12.1 Å². The van der Waals surface area contributed by atoms with Crippen LogP contribution in [0.5, 0.6) is 6.01 Å². The first kappa shape index (κ1) is 13.8. The van der Waals surface area contributed by atoms with Crippen LogP contribution in [0.1, 0.15) is 40.5 Å². The fourth-order valence-electron chi connectivity index (χ4n) is 2.08. The zero-order chi connectivity index (χ0) is 14.0. The Morgan fingerprint density at radius 3 is 2.37 bits per heavy atom. The highest BCUT2D eigenvalue weighted by atomic mass is 16.5. The van der Waals surface area contributed by atoms with Gasteiger partial charge in [-0.15, -0.1) is 0 Å². The second-order valence-electron chi connectivity index (χ2n) is 6.09. The third kappa shape index (κ3) is 3.68. The summed E-state index contributed by atoms with van der Waals surface area (Å²) >= 11 is 0. The summed E-state index contributed by atoms with van der Waals surface area (Å²) in [5.41, 5.74) is 6.12. The molecule has 6 heteroatoms. The van der Waals surface area contributed by atoms with Crippen molar-refractivity contribution in [3.05, 3.63) is 0 Å². The molecule has 0 amide bonds. The Balaban J connectivity index is 2.14. The third-order valence-corrected chi connectivity index (χ3v) is 3.36. The SMILES string of the molecule is CC(C)Oc1nc(N)nc(N2CCC(C)(C)CC2)n1. The Labute approximate surface area is 114 Å². The summed E-state index contributed by atoms with van der Waals surface area (Å²) in [6.07, 6.45) is 2.27. The summed E-state index contributed by atoms with van der Waals surface area (Å²) in [5, 5.41) is 0. The van der Waals surface area contributed by atoms with Crippen molar-refractivity contribution in [3.63, 3.8) is 0 Å². The Morgan fingerprint density at radius 2 is 1.79 bits per heavy atom. The molecule has 1 aliphatic rings. The molecular weight excluding hydrogens is 242 g/mol. The molecule has 0 radical (unpaired) electrons. The Kier molecular flexibility index (Phi) is 3.78. The minimum Gasteiger partial charge on any atom is -0.461 e. The van der Waals surface area contributed by atoms with E-state index in [1.54, 1.807) is 0 Å². The fourth-order valence-corrected chi connectivity index (χ4v) is 2.08. The molecule has 1 fully saturated rings. The summed E-state index contributed by atoms with van der Waals surface area (Å²) in [6.45, 7) is 10.3. The van der Waals surface area contributed by atoms with Gasteiger partial charge in [-0.25, -0.2) is 0 Å². The van der Waals surface area contributed by atoms with Crippen molar-refractivity contribution in [2.75, 3.05) is 23.7 Å². The molecule has 1 aromatic heterocycles. The molecule has 6 nitrogen and oxygen atoms in total. The number of nitrogen functional groups attached to an aromatic ring is 1. The van der Waals surface area contributed by atoms with Crippen molar-refractivity contribution < 1.29 is 4.74 Å². The average Bonchev–Trinajstić information content (AvgIpc) is 2.26. The second-order valence-corrected chi connectivity index (χ2v) is 6.09. The quantitative estimate of drug-likeness (QED) is 0.899. The number of anilines is 2. The van der Waals surface area contributed by atoms with Crippen LogP contribution < -0.4 is 15.4 Å². The van der Waals surface area contributed by atoms with Crippen LogP contribution >= 0.6 is 0 Å². The number of hydrogen-bond acceptors (Lipinski definition) is 6. The summed E-state index contributed by atoms with van der Waals surface area (Å²) in [6, 6.07) is 0.308. The van der Waals surface area contributed by atoms with Gasteiger partial charge in [0, 0.05) is 13.1 Å². The number of rotatable bonds is 3. The van der Waals surface area contributed by atoms with Gasteiger partial charge in [0.05, 0.1) is 6.10 Å².